The van der Waals surface area contributed by atoms with Crippen LogP contribution in [0.25, 0.3) is 0 Å². The van der Waals surface area contributed by atoms with Gasteiger partial charge in [0.15, 0.2) is 18.9 Å². The van der Waals surface area contributed by atoms with Crippen LogP contribution in [0, 0.1) is 0 Å². The summed E-state index contributed by atoms with van der Waals surface area (Å²) in [6, 6.07) is -0.919. The van der Waals surface area contributed by atoms with Gasteiger partial charge in [0.25, 0.3) is 0 Å². The Hall–Kier alpha value is -3.81. The molecule has 12 N–H and O–H groups in total. The maximum Gasteiger partial charge on any atom is 0.220 e. The largest absolute Gasteiger partial charge is 0.394 e. The maximum absolute atomic E-state index is 13.4. The zero-order valence-electron chi connectivity index (χ0n) is 53.4. The number of aliphatic hydroxyl groups is 11. The topological polar surface area (TPSA) is 307 Å². The van der Waals surface area contributed by atoms with Crippen LogP contribution in [0.1, 0.15) is 181 Å². The monoisotopic (exact) mass is 1260 g/mol. The second kappa shape index (κ2) is 50.7. The summed E-state index contributed by atoms with van der Waals surface area (Å²) in [5.41, 5.74) is 0. The van der Waals surface area contributed by atoms with Crippen molar-refractivity contribution in [2.24, 2.45) is 0 Å². The van der Waals surface area contributed by atoms with E-state index in [1.54, 1.807) is 0 Å². The molecule has 0 radical (unpaired) electrons. The van der Waals surface area contributed by atoms with E-state index < -0.39 is 124 Å². The smallest absolute Gasteiger partial charge is 0.220 e. The van der Waals surface area contributed by atoms with Gasteiger partial charge in [-0.25, -0.2) is 0 Å². The van der Waals surface area contributed by atoms with E-state index in [2.05, 4.69) is 141 Å². The highest BCUT2D eigenvalue weighted by molar-refractivity contribution is 5.76. The van der Waals surface area contributed by atoms with Gasteiger partial charge in [-0.2, -0.15) is 0 Å². The number of carbonyl (C=O) groups excluding carboxylic acids is 1. The first kappa shape index (κ1) is 79.4. The van der Waals surface area contributed by atoms with Crippen molar-refractivity contribution in [2.75, 3.05) is 26.4 Å². The second-order valence-electron chi connectivity index (χ2n) is 23.2. The molecule has 508 valence electrons. The number of amides is 1. The van der Waals surface area contributed by atoms with Crippen LogP contribution in [0.5, 0.6) is 0 Å². The fourth-order valence-electron chi connectivity index (χ4n) is 10.4. The molecule has 0 aromatic rings. The van der Waals surface area contributed by atoms with E-state index in [-0.39, 0.29) is 18.9 Å². The number of hydrogen-bond acceptors (Lipinski definition) is 18. The van der Waals surface area contributed by atoms with Crippen molar-refractivity contribution in [3.8, 4) is 0 Å². The Morgan fingerprint density at radius 1 is 0.416 bits per heavy atom. The number of unbranched alkanes of at least 4 members (excludes halogenated alkanes) is 12. The summed E-state index contributed by atoms with van der Waals surface area (Å²) in [4.78, 5) is 13.4. The molecule has 1 amide bonds. The van der Waals surface area contributed by atoms with Gasteiger partial charge in [0, 0.05) is 6.42 Å². The summed E-state index contributed by atoms with van der Waals surface area (Å²) in [5.74, 6) is -0.293. The van der Waals surface area contributed by atoms with Crippen LogP contribution in [-0.2, 0) is 33.2 Å². The van der Waals surface area contributed by atoms with E-state index in [4.69, 9.17) is 28.4 Å². The molecule has 0 saturated carbocycles. The van der Waals surface area contributed by atoms with Gasteiger partial charge in [0.05, 0.1) is 38.6 Å². The van der Waals surface area contributed by atoms with E-state index >= 15 is 0 Å². The number of hydrogen-bond donors (Lipinski definition) is 12. The van der Waals surface area contributed by atoms with Crippen molar-refractivity contribution >= 4 is 5.91 Å². The molecular weight excluding hydrogens is 1140 g/mol. The van der Waals surface area contributed by atoms with E-state index in [9.17, 15) is 61.0 Å². The Kier molecular flexibility index (Phi) is 45.3. The first-order valence-electron chi connectivity index (χ1n) is 33.3. The molecule has 19 nitrogen and oxygen atoms in total. The molecule has 0 aromatic heterocycles. The Labute approximate surface area is 531 Å². The molecule has 17 atom stereocenters. The molecule has 0 spiro atoms. The molecule has 3 heterocycles. The molecule has 0 aliphatic carbocycles. The maximum atomic E-state index is 13.4. The Morgan fingerprint density at radius 3 is 1.19 bits per heavy atom. The molecule has 3 aliphatic rings. The summed E-state index contributed by atoms with van der Waals surface area (Å²) in [5, 5.41) is 120. The third-order valence-corrected chi connectivity index (χ3v) is 15.8. The van der Waals surface area contributed by atoms with E-state index in [1.807, 2.05) is 0 Å². The summed E-state index contributed by atoms with van der Waals surface area (Å²) in [7, 11) is 0. The number of rotatable bonds is 48. The number of nitrogens with one attached hydrogen (secondary N) is 1. The van der Waals surface area contributed by atoms with Crippen LogP contribution in [-0.4, -0.2) is 193 Å². The molecule has 17 unspecified atom stereocenters. The zero-order chi connectivity index (χ0) is 64.7. The Bertz CT molecular complexity index is 2090. The highest BCUT2D eigenvalue weighted by Gasteiger charge is 2.53. The van der Waals surface area contributed by atoms with Gasteiger partial charge in [0.2, 0.25) is 5.91 Å². The lowest BCUT2D eigenvalue weighted by Crippen LogP contribution is -2.66. The predicted molar refractivity (Wildman–Crippen MR) is 346 cm³/mol. The first-order chi connectivity index (χ1) is 43.3. The van der Waals surface area contributed by atoms with Crippen molar-refractivity contribution in [1.29, 1.82) is 0 Å². The molecule has 3 saturated heterocycles. The lowest BCUT2D eigenvalue weighted by atomic mass is 9.96. The van der Waals surface area contributed by atoms with Gasteiger partial charge in [-0.05, 0) is 89.9 Å². The average molecular weight is 1260 g/mol. The fourth-order valence-corrected chi connectivity index (χ4v) is 10.4. The van der Waals surface area contributed by atoms with Gasteiger partial charge >= 0.3 is 0 Å². The third-order valence-electron chi connectivity index (χ3n) is 15.8. The highest BCUT2D eigenvalue weighted by atomic mass is 16.8. The number of aliphatic hydroxyl groups excluding tert-OH is 11. The summed E-state index contributed by atoms with van der Waals surface area (Å²) in [6.07, 6.45) is 41.5. The van der Waals surface area contributed by atoms with Crippen molar-refractivity contribution in [3.05, 3.63) is 122 Å². The lowest BCUT2D eigenvalue weighted by molar-refractivity contribution is -0.379. The summed E-state index contributed by atoms with van der Waals surface area (Å²) in [6.45, 7) is 1.60. The molecule has 3 rings (SSSR count). The van der Waals surface area contributed by atoms with Crippen molar-refractivity contribution in [1.82, 2.24) is 5.32 Å². The molecular formula is C70H115NO18. The van der Waals surface area contributed by atoms with Gasteiger partial charge in [-0.15, -0.1) is 0 Å². The van der Waals surface area contributed by atoms with Gasteiger partial charge in [-0.1, -0.05) is 206 Å². The highest BCUT2D eigenvalue weighted by Crippen LogP contribution is 2.33. The van der Waals surface area contributed by atoms with Gasteiger partial charge in [0.1, 0.15) is 73.2 Å². The van der Waals surface area contributed by atoms with E-state index in [0.717, 1.165) is 103 Å². The molecule has 0 bridgehead atoms. The van der Waals surface area contributed by atoms with E-state index in [0.29, 0.717) is 19.3 Å². The van der Waals surface area contributed by atoms with Crippen LogP contribution < -0.4 is 5.32 Å². The average Bonchev–Trinajstić information content (AvgIpc) is 1.33. The quantitative estimate of drug-likeness (QED) is 0.0203. The second-order valence-corrected chi connectivity index (χ2v) is 23.2. The number of carbonyl (C=O) groups is 1. The predicted octanol–water partition coefficient (Wildman–Crippen LogP) is 8.04. The molecule has 0 aromatic carbocycles. The number of allylic oxidation sites excluding steroid dienone is 20. The molecule has 89 heavy (non-hydrogen) atoms. The SMILES string of the molecule is CC/C=C\C/C=C\C/C=C\C/C=C\C/C=C\C/C=C\C/C=C\C/C=C\C/C=C\C/C=C\CCCCC(=O)NC(COC1OC(CO)C(OC2OC(CO)C(OC3OC(CO)C(O)C(O)C3O)C(O)C2O)C(O)C1O)C(O)CCCCCCCCCCCCC. The van der Waals surface area contributed by atoms with Crippen LogP contribution >= 0.6 is 0 Å². The van der Waals surface area contributed by atoms with Gasteiger partial charge in [-0.3, -0.25) is 4.79 Å². The Morgan fingerprint density at radius 2 is 0.775 bits per heavy atom. The normalized spacial score (nSPS) is 29.0. The molecule has 19 heteroatoms. The summed E-state index contributed by atoms with van der Waals surface area (Å²) >= 11 is 0. The zero-order valence-corrected chi connectivity index (χ0v) is 53.4. The first-order valence-corrected chi connectivity index (χ1v) is 33.3. The van der Waals surface area contributed by atoms with E-state index in [1.165, 1.54) is 38.5 Å². The van der Waals surface area contributed by atoms with Crippen LogP contribution in [0.15, 0.2) is 122 Å². The molecule has 3 fully saturated rings. The standard InChI is InChI=1S/C70H115NO18/c1-3-5-7-9-11-13-15-16-17-18-19-20-21-22-23-24-25-26-27-28-29-30-31-32-33-34-35-36-38-40-42-44-46-48-58(76)71-53(54(75)47-45-43-41-39-37-14-12-10-8-6-4-2)52-84-68-64(82)61(79)66(56(50-73)86-68)89-70-65(83)62(80)67(57(51-74)87-70)88-69-63(81)60(78)59(77)55(49-72)85-69/h5,7,11,13,16-17,19-20,22-23,25-26,28-29,31-32,34-35,38,40,53-57,59-70,72-75,77-83H,3-4,6,8-10,12,14-15,18,21,24,27,30,33,36-37,39,41-52H2,1-2H3,(H,71,76)/b7-5-,13-11-,17-16-,20-19-,23-22-,26-25-,29-28-,32-31-,35-34-,40-38-. The summed E-state index contributed by atoms with van der Waals surface area (Å²) < 4.78 is 34.3. The fraction of sp³-hybridized carbons (Fsp3) is 0.700. The van der Waals surface area contributed by atoms with Crippen molar-refractivity contribution < 1.29 is 89.4 Å². The van der Waals surface area contributed by atoms with Crippen molar-refractivity contribution in [2.45, 2.75) is 285 Å². The minimum Gasteiger partial charge on any atom is -0.394 e. The van der Waals surface area contributed by atoms with Crippen LogP contribution in [0.3, 0.4) is 0 Å². The van der Waals surface area contributed by atoms with Crippen LogP contribution in [0.2, 0.25) is 0 Å². The lowest BCUT2D eigenvalue weighted by Gasteiger charge is -2.48. The van der Waals surface area contributed by atoms with Gasteiger partial charge < -0.3 is 89.9 Å². The van der Waals surface area contributed by atoms with Crippen molar-refractivity contribution in [3.63, 3.8) is 0 Å². The minimum absolute atomic E-state index is 0.202. The van der Waals surface area contributed by atoms with Crippen LogP contribution in [0.4, 0.5) is 0 Å². The minimum atomic E-state index is -1.98. The molecule has 3 aliphatic heterocycles. The number of ether oxygens (including phenoxy) is 6. The Balaban J connectivity index is 1.41. The third kappa shape index (κ3) is 33.0.